The Kier molecular flexibility index (Phi) is 16.5. The Balaban J connectivity index is 1.29. The van der Waals surface area contributed by atoms with Crippen LogP contribution in [0.5, 0.6) is 0 Å². The number of amides is 4. The van der Waals surface area contributed by atoms with Crippen LogP contribution < -0.4 is 21.3 Å². The van der Waals surface area contributed by atoms with Crippen LogP contribution in [0.1, 0.15) is 56.8 Å². The lowest BCUT2D eigenvalue weighted by atomic mass is 10.0. The van der Waals surface area contributed by atoms with E-state index >= 15 is 0 Å². The van der Waals surface area contributed by atoms with Gasteiger partial charge in [0.2, 0.25) is 12.1 Å². The first kappa shape index (κ1) is 52.2. The number of carbonyl (C=O) groups is 6. The molecule has 0 saturated heterocycles. The number of Topliss-reactive ketones (excluding diaryl/α,β-unsaturated/α-hetero) is 2. The van der Waals surface area contributed by atoms with E-state index in [1.165, 1.54) is 36.4 Å². The lowest BCUT2D eigenvalue weighted by Gasteiger charge is -2.17. The van der Waals surface area contributed by atoms with Crippen molar-refractivity contribution < 1.29 is 55.1 Å². The predicted molar refractivity (Wildman–Crippen MR) is 243 cm³/mol. The zero-order valence-corrected chi connectivity index (χ0v) is 38.3. The van der Waals surface area contributed by atoms with Gasteiger partial charge < -0.3 is 21.3 Å². The van der Waals surface area contributed by atoms with Crippen LogP contribution in [0.4, 0.5) is 60.5 Å². The van der Waals surface area contributed by atoms with E-state index < -0.39 is 82.1 Å². The standard InChI is InChI=1S/C44H32Cl4F6N8O6/c1-19-20(2)32(56-42(68)36(22(4)64)62-60-34-18-24(12-14-28(34)46)40(66)58-38-26(44(52,53)54)8-6-10-30(38)48)16-15-31(19)55-41(67)35(21(3)63)61-59-33-17-23(11-13-27(33)45)39(65)57-37-25(43(49,50)51)7-5-9-29(37)47/h5-18,35-36H,1-4H3,(H,55,67)(H,56,68)(H,57,65)(H,58,66). The Labute approximate surface area is 401 Å². The molecule has 0 aromatic heterocycles. The fourth-order valence-corrected chi connectivity index (χ4v) is 6.73. The maximum Gasteiger partial charge on any atom is 0.418 e. The van der Waals surface area contributed by atoms with Crippen LogP contribution in [0.15, 0.2) is 105 Å². The molecule has 354 valence electrons. The zero-order valence-electron chi connectivity index (χ0n) is 35.3. The molecule has 0 fully saturated rings. The van der Waals surface area contributed by atoms with Crippen LogP contribution in [-0.2, 0) is 31.5 Å². The van der Waals surface area contributed by atoms with Gasteiger partial charge in [-0.15, -0.1) is 0 Å². The highest BCUT2D eigenvalue weighted by Crippen LogP contribution is 2.40. The number of anilines is 4. The summed E-state index contributed by atoms with van der Waals surface area (Å²) in [6, 6.07) is 12.0. The third kappa shape index (κ3) is 12.6. The minimum Gasteiger partial charge on any atom is -0.324 e. The van der Waals surface area contributed by atoms with Gasteiger partial charge in [0.15, 0.2) is 11.6 Å². The van der Waals surface area contributed by atoms with Gasteiger partial charge >= 0.3 is 12.4 Å². The minimum absolute atomic E-state index is 0.0966. The number of benzene rings is 5. The van der Waals surface area contributed by atoms with Crippen molar-refractivity contribution >= 4 is 116 Å². The van der Waals surface area contributed by atoms with Crippen molar-refractivity contribution in [2.45, 2.75) is 52.1 Å². The minimum atomic E-state index is -4.85. The molecule has 24 heteroatoms. The summed E-state index contributed by atoms with van der Waals surface area (Å²) in [6.45, 7) is 5.22. The van der Waals surface area contributed by atoms with E-state index in [4.69, 9.17) is 46.4 Å². The summed E-state index contributed by atoms with van der Waals surface area (Å²) in [5, 5.41) is 23.8. The van der Waals surface area contributed by atoms with Gasteiger partial charge in [-0.1, -0.05) is 58.5 Å². The van der Waals surface area contributed by atoms with Crippen molar-refractivity contribution in [2.75, 3.05) is 21.3 Å². The van der Waals surface area contributed by atoms with Gasteiger partial charge in [0.1, 0.15) is 11.4 Å². The highest BCUT2D eigenvalue weighted by Gasteiger charge is 2.36. The Morgan fingerprint density at radius 2 is 0.853 bits per heavy atom. The maximum atomic E-state index is 13.6. The van der Waals surface area contributed by atoms with Crippen molar-refractivity contribution in [3.8, 4) is 0 Å². The van der Waals surface area contributed by atoms with Crippen molar-refractivity contribution in [1.82, 2.24) is 0 Å². The van der Waals surface area contributed by atoms with Crippen LogP contribution in [0.3, 0.4) is 0 Å². The maximum absolute atomic E-state index is 13.6. The first-order valence-electron chi connectivity index (χ1n) is 19.3. The zero-order chi connectivity index (χ0) is 50.4. The largest absolute Gasteiger partial charge is 0.418 e. The second-order valence-electron chi connectivity index (χ2n) is 14.4. The second kappa shape index (κ2) is 21.5. The first-order chi connectivity index (χ1) is 31.8. The average molecular weight is 1020 g/mol. The number of nitrogens with zero attached hydrogens (tertiary/aromatic N) is 4. The molecule has 5 rings (SSSR count). The lowest BCUT2D eigenvalue weighted by molar-refractivity contribution is -0.137. The first-order valence-corrected chi connectivity index (χ1v) is 20.8. The normalized spacial score (nSPS) is 12.7. The van der Waals surface area contributed by atoms with Gasteiger partial charge in [-0.2, -0.15) is 46.8 Å². The average Bonchev–Trinajstić information content (AvgIpc) is 3.25. The number of azo groups is 2. The summed E-state index contributed by atoms with van der Waals surface area (Å²) < 4.78 is 81.6. The molecule has 0 aliphatic carbocycles. The summed E-state index contributed by atoms with van der Waals surface area (Å²) in [4.78, 5) is 78.0. The number of hydrogen-bond acceptors (Lipinski definition) is 10. The molecule has 0 aliphatic rings. The van der Waals surface area contributed by atoms with Gasteiger partial charge in [0.25, 0.3) is 23.6 Å². The fourth-order valence-electron chi connectivity index (χ4n) is 5.98. The predicted octanol–water partition coefficient (Wildman–Crippen LogP) is 12.8. The van der Waals surface area contributed by atoms with E-state index in [-0.39, 0.29) is 54.0 Å². The molecule has 2 unspecified atom stereocenters. The van der Waals surface area contributed by atoms with Crippen LogP contribution >= 0.6 is 46.4 Å². The summed E-state index contributed by atoms with van der Waals surface area (Å²) >= 11 is 24.4. The number of hydrogen-bond donors (Lipinski definition) is 4. The molecule has 0 heterocycles. The van der Waals surface area contributed by atoms with E-state index in [1.807, 2.05) is 0 Å². The molecule has 4 amide bonds. The van der Waals surface area contributed by atoms with Crippen molar-refractivity contribution in [1.29, 1.82) is 0 Å². The molecule has 0 spiro atoms. The van der Waals surface area contributed by atoms with Gasteiger partial charge in [-0.05, 0) is 112 Å². The topological polar surface area (TPSA) is 200 Å². The van der Waals surface area contributed by atoms with E-state index in [0.29, 0.717) is 11.1 Å². The SMILES string of the molecule is CC(=O)C(N=Nc1cc(C(=O)Nc2c(Cl)cccc2C(F)(F)F)ccc1Cl)C(=O)Nc1ccc(NC(=O)C(N=Nc2cc(C(=O)Nc3c(Cl)cccc3C(F)(F)F)ccc2Cl)C(C)=O)c(C)c1C. The smallest absolute Gasteiger partial charge is 0.324 e. The fraction of sp³-hybridized carbons (Fsp3) is 0.182. The van der Waals surface area contributed by atoms with Crippen LogP contribution in [-0.4, -0.2) is 47.3 Å². The third-order valence-electron chi connectivity index (χ3n) is 9.66. The van der Waals surface area contributed by atoms with Gasteiger partial charge in [-0.25, -0.2) is 0 Å². The number of halogens is 10. The van der Waals surface area contributed by atoms with Crippen molar-refractivity contribution in [3.63, 3.8) is 0 Å². The number of ketones is 2. The Hall–Kier alpha value is -6.74. The van der Waals surface area contributed by atoms with Crippen LogP contribution in [0.25, 0.3) is 0 Å². The van der Waals surface area contributed by atoms with E-state index in [9.17, 15) is 55.1 Å². The summed E-state index contributed by atoms with van der Waals surface area (Å²) in [7, 11) is 0. The molecule has 0 radical (unpaired) electrons. The molecule has 5 aromatic carbocycles. The molecular formula is C44H32Cl4F6N8O6. The lowest BCUT2D eigenvalue weighted by Crippen LogP contribution is -2.33. The Morgan fingerprint density at radius 3 is 1.18 bits per heavy atom. The number of para-hydroxylation sites is 2. The number of nitrogens with one attached hydrogen (secondary N) is 4. The van der Waals surface area contributed by atoms with Crippen LogP contribution in [0, 0.1) is 13.8 Å². The number of rotatable bonds is 14. The van der Waals surface area contributed by atoms with E-state index in [2.05, 4.69) is 41.7 Å². The summed E-state index contributed by atoms with van der Waals surface area (Å²) in [5.41, 5.74) is -3.57. The highest BCUT2D eigenvalue weighted by atomic mass is 35.5. The molecule has 68 heavy (non-hydrogen) atoms. The van der Waals surface area contributed by atoms with E-state index in [0.717, 1.165) is 62.4 Å². The molecule has 0 aliphatic heterocycles. The molecule has 5 aromatic rings. The van der Waals surface area contributed by atoms with Gasteiger partial charge in [0.05, 0.1) is 42.6 Å². The number of alkyl halides is 6. The quantitative estimate of drug-likeness (QED) is 0.0484. The molecule has 0 bridgehead atoms. The Bertz CT molecular complexity index is 2740. The monoisotopic (exact) mass is 1020 g/mol. The number of carbonyl (C=O) groups excluding carboxylic acids is 6. The molecule has 14 nitrogen and oxygen atoms in total. The van der Waals surface area contributed by atoms with Gasteiger partial charge in [-0.3, -0.25) is 28.8 Å². The van der Waals surface area contributed by atoms with Crippen molar-refractivity contribution in [2.24, 2.45) is 20.5 Å². The summed E-state index contributed by atoms with van der Waals surface area (Å²) in [5.74, 6) is -5.51. The van der Waals surface area contributed by atoms with E-state index in [1.54, 1.807) is 13.8 Å². The molecule has 4 N–H and O–H groups in total. The molecule has 0 saturated carbocycles. The van der Waals surface area contributed by atoms with Crippen LogP contribution in [0.2, 0.25) is 20.1 Å². The molecular weight excluding hydrogens is 992 g/mol. The third-order valence-corrected chi connectivity index (χ3v) is 10.9. The highest BCUT2D eigenvalue weighted by molar-refractivity contribution is 6.35. The molecule has 2 atom stereocenters. The van der Waals surface area contributed by atoms with Gasteiger partial charge in [0, 0.05) is 22.5 Å². The Morgan fingerprint density at radius 1 is 0.500 bits per heavy atom. The summed E-state index contributed by atoms with van der Waals surface area (Å²) in [6.07, 6.45) is -9.69. The van der Waals surface area contributed by atoms with Crippen molar-refractivity contribution in [3.05, 3.63) is 138 Å². The second-order valence-corrected chi connectivity index (χ2v) is 16.0.